The van der Waals surface area contributed by atoms with Crippen LogP contribution in [0.4, 0.5) is 0 Å². The zero-order chi connectivity index (χ0) is 13.8. The van der Waals surface area contributed by atoms with Crippen LogP contribution in [0, 0.1) is 0 Å². The Morgan fingerprint density at radius 2 is 2.21 bits per heavy atom. The Bertz CT molecular complexity index is 574. The zero-order valence-electron chi connectivity index (χ0n) is 11.8. The molecule has 1 atom stereocenters. The predicted molar refractivity (Wildman–Crippen MR) is 76.4 cm³/mol. The van der Waals surface area contributed by atoms with Crippen molar-refractivity contribution in [3.63, 3.8) is 0 Å². The first-order chi connectivity index (χ1) is 9.17. The third-order valence-electron chi connectivity index (χ3n) is 3.29. The van der Waals surface area contributed by atoms with E-state index < -0.39 is 0 Å². The van der Waals surface area contributed by atoms with Gasteiger partial charge < -0.3 is 5.32 Å². The van der Waals surface area contributed by atoms with Crippen molar-refractivity contribution in [3.8, 4) is 0 Å². The van der Waals surface area contributed by atoms with Crippen molar-refractivity contribution in [1.82, 2.24) is 14.7 Å². The molecule has 0 spiro atoms. The van der Waals surface area contributed by atoms with E-state index in [0.717, 1.165) is 30.6 Å². The molecule has 2 rings (SSSR count). The molecule has 102 valence electrons. The molecular formula is C15H21N3O. The number of carbonyl (C=O) groups excluding carboxylic acids is 1. The number of amides is 1. The highest BCUT2D eigenvalue weighted by atomic mass is 16.2. The molecule has 0 aromatic carbocycles. The molecule has 0 saturated carbocycles. The van der Waals surface area contributed by atoms with Gasteiger partial charge in [-0.05, 0) is 31.9 Å². The molecule has 1 N–H and O–H groups in total. The van der Waals surface area contributed by atoms with Gasteiger partial charge in [0.2, 0.25) is 0 Å². The second kappa shape index (κ2) is 5.87. The molecule has 4 nitrogen and oxygen atoms in total. The largest absolute Gasteiger partial charge is 0.348 e. The molecule has 1 unspecified atom stereocenters. The highest BCUT2D eigenvalue weighted by Gasteiger charge is 2.19. The number of carbonyl (C=O) groups is 1. The van der Waals surface area contributed by atoms with E-state index in [-0.39, 0.29) is 11.9 Å². The normalized spacial score (nSPS) is 12.6. The lowest BCUT2D eigenvalue weighted by molar-refractivity contribution is 0.0932. The summed E-state index contributed by atoms with van der Waals surface area (Å²) in [6.07, 6.45) is 4.62. The zero-order valence-corrected chi connectivity index (χ0v) is 11.8. The molecule has 2 aromatic rings. The number of aryl methyl sites for hydroxylation is 1. The SMILES string of the molecule is CCCc1nc2ccccn2c1C(=O)NC(C)CC. The van der Waals surface area contributed by atoms with Crippen molar-refractivity contribution in [3.05, 3.63) is 35.8 Å². The topological polar surface area (TPSA) is 46.4 Å². The van der Waals surface area contributed by atoms with E-state index in [1.54, 1.807) is 0 Å². The molecule has 0 radical (unpaired) electrons. The third kappa shape index (κ3) is 2.78. The molecule has 2 heterocycles. The van der Waals surface area contributed by atoms with Crippen molar-refractivity contribution >= 4 is 11.6 Å². The maximum absolute atomic E-state index is 12.4. The monoisotopic (exact) mass is 259 g/mol. The van der Waals surface area contributed by atoms with Crippen LogP contribution in [0.1, 0.15) is 49.8 Å². The first-order valence-corrected chi connectivity index (χ1v) is 6.94. The smallest absolute Gasteiger partial charge is 0.270 e. The summed E-state index contributed by atoms with van der Waals surface area (Å²) in [4.78, 5) is 17.0. The molecule has 1 amide bonds. The summed E-state index contributed by atoms with van der Waals surface area (Å²) in [7, 11) is 0. The standard InChI is InChI=1S/C15H21N3O/c1-4-8-12-14(15(19)16-11(3)5-2)18-10-7-6-9-13(18)17-12/h6-7,9-11H,4-5,8H2,1-3H3,(H,16,19). The number of imidazole rings is 1. The van der Waals surface area contributed by atoms with E-state index in [1.807, 2.05) is 35.7 Å². The van der Waals surface area contributed by atoms with Crippen LogP contribution in [0.2, 0.25) is 0 Å². The highest BCUT2D eigenvalue weighted by molar-refractivity contribution is 5.94. The Labute approximate surface area is 113 Å². The average molecular weight is 259 g/mol. The summed E-state index contributed by atoms with van der Waals surface area (Å²) in [5.41, 5.74) is 2.40. The fourth-order valence-corrected chi connectivity index (χ4v) is 2.09. The molecule has 0 aliphatic heterocycles. The fraction of sp³-hybridized carbons (Fsp3) is 0.467. The van der Waals surface area contributed by atoms with Crippen LogP contribution >= 0.6 is 0 Å². The second-order valence-electron chi connectivity index (χ2n) is 4.87. The Morgan fingerprint density at radius 1 is 1.42 bits per heavy atom. The van der Waals surface area contributed by atoms with Gasteiger partial charge in [-0.15, -0.1) is 0 Å². The van der Waals surface area contributed by atoms with Crippen molar-refractivity contribution in [2.45, 2.75) is 46.1 Å². The Balaban J connectivity index is 2.43. The fourth-order valence-electron chi connectivity index (χ4n) is 2.09. The van der Waals surface area contributed by atoms with Crippen LogP contribution in [0.3, 0.4) is 0 Å². The van der Waals surface area contributed by atoms with Crippen LogP contribution in [0.25, 0.3) is 5.65 Å². The van der Waals surface area contributed by atoms with Gasteiger partial charge in [0.05, 0.1) is 5.69 Å². The van der Waals surface area contributed by atoms with Gasteiger partial charge >= 0.3 is 0 Å². The lowest BCUT2D eigenvalue weighted by atomic mass is 10.2. The molecule has 0 aliphatic carbocycles. The van der Waals surface area contributed by atoms with Crippen molar-refractivity contribution < 1.29 is 4.79 Å². The average Bonchev–Trinajstić information content (AvgIpc) is 2.76. The molecule has 2 aromatic heterocycles. The lowest BCUT2D eigenvalue weighted by Gasteiger charge is -2.12. The van der Waals surface area contributed by atoms with Crippen molar-refractivity contribution in [1.29, 1.82) is 0 Å². The lowest BCUT2D eigenvalue weighted by Crippen LogP contribution is -2.33. The molecule has 0 fully saturated rings. The Kier molecular flexibility index (Phi) is 4.20. The molecule has 4 heteroatoms. The number of hydrogen-bond donors (Lipinski definition) is 1. The van der Waals surface area contributed by atoms with Crippen molar-refractivity contribution in [2.24, 2.45) is 0 Å². The maximum Gasteiger partial charge on any atom is 0.270 e. The first kappa shape index (κ1) is 13.6. The van der Waals surface area contributed by atoms with E-state index in [9.17, 15) is 4.79 Å². The Morgan fingerprint density at radius 3 is 2.89 bits per heavy atom. The Hall–Kier alpha value is -1.84. The number of fused-ring (bicyclic) bond motifs is 1. The van der Waals surface area contributed by atoms with Crippen molar-refractivity contribution in [2.75, 3.05) is 0 Å². The van der Waals surface area contributed by atoms with E-state index in [4.69, 9.17) is 0 Å². The molecule has 0 aliphatic rings. The van der Waals surface area contributed by atoms with Gasteiger partial charge in [0.25, 0.3) is 5.91 Å². The van der Waals surface area contributed by atoms with E-state index >= 15 is 0 Å². The predicted octanol–water partition coefficient (Wildman–Crippen LogP) is 2.82. The minimum Gasteiger partial charge on any atom is -0.348 e. The number of nitrogens with one attached hydrogen (secondary N) is 1. The van der Waals surface area contributed by atoms with Gasteiger partial charge in [0.1, 0.15) is 11.3 Å². The van der Waals surface area contributed by atoms with Crippen LogP contribution in [0.15, 0.2) is 24.4 Å². The van der Waals surface area contributed by atoms with Gasteiger partial charge in [-0.25, -0.2) is 4.98 Å². The van der Waals surface area contributed by atoms with Gasteiger partial charge in [-0.3, -0.25) is 9.20 Å². The van der Waals surface area contributed by atoms with Gasteiger partial charge in [0.15, 0.2) is 0 Å². The number of hydrogen-bond acceptors (Lipinski definition) is 2. The second-order valence-corrected chi connectivity index (χ2v) is 4.87. The summed E-state index contributed by atoms with van der Waals surface area (Å²) < 4.78 is 1.88. The quantitative estimate of drug-likeness (QED) is 0.897. The van der Waals surface area contributed by atoms with Crippen LogP contribution in [-0.2, 0) is 6.42 Å². The summed E-state index contributed by atoms with van der Waals surface area (Å²) in [6.45, 7) is 6.17. The number of rotatable bonds is 5. The maximum atomic E-state index is 12.4. The van der Waals surface area contributed by atoms with Crippen LogP contribution in [0.5, 0.6) is 0 Å². The van der Waals surface area contributed by atoms with E-state index in [1.165, 1.54) is 0 Å². The number of pyridine rings is 1. The summed E-state index contributed by atoms with van der Waals surface area (Å²) in [6, 6.07) is 5.97. The third-order valence-corrected chi connectivity index (χ3v) is 3.29. The van der Waals surface area contributed by atoms with Crippen LogP contribution < -0.4 is 5.32 Å². The van der Waals surface area contributed by atoms with Crippen LogP contribution in [-0.4, -0.2) is 21.3 Å². The van der Waals surface area contributed by atoms with E-state index in [2.05, 4.69) is 24.1 Å². The van der Waals surface area contributed by atoms with Gasteiger partial charge in [0, 0.05) is 12.2 Å². The molecule has 0 bridgehead atoms. The first-order valence-electron chi connectivity index (χ1n) is 6.94. The minimum atomic E-state index is -0.0310. The highest BCUT2D eigenvalue weighted by Crippen LogP contribution is 2.14. The molecule has 0 saturated heterocycles. The number of aromatic nitrogens is 2. The number of nitrogens with zero attached hydrogens (tertiary/aromatic N) is 2. The molecule has 19 heavy (non-hydrogen) atoms. The van der Waals surface area contributed by atoms with Gasteiger partial charge in [-0.2, -0.15) is 0 Å². The van der Waals surface area contributed by atoms with E-state index in [0.29, 0.717) is 5.69 Å². The van der Waals surface area contributed by atoms with Gasteiger partial charge in [-0.1, -0.05) is 26.3 Å². The summed E-state index contributed by atoms with van der Waals surface area (Å²) in [5.74, 6) is -0.0310. The minimum absolute atomic E-state index is 0.0310. The molecular weight excluding hydrogens is 238 g/mol. The summed E-state index contributed by atoms with van der Waals surface area (Å²) >= 11 is 0. The summed E-state index contributed by atoms with van der Waals surface area (Å²) in [5, 5.41) is 3.02.